The fraction of sp³-hybridized carbons (Fsp3) is 0.136. The van der Waals surface area contributed by atoms with Gasteiger partial charge in [0.25, 0.3) is 0 Å². The van der Waals surface area contributed by atoms with Gasteiger partial charge in [-0.25, -0.2) is 0 Å². The molecule has 0 aliphatic heterocycles. The molecule has 0 aliphatic rings. The molecule has 0 saturated carbocycles. The summed E-state index contributed by atoms with van der Waals surface area (Å²) in [7, 11) is 0. The Kier molecular flexibility index (Phi) is 5.52. The van der Waals surface area contributed by atoms with Crippen molar-refractivity contribution in [3.63, 3.8) is 0 Å². The van der Waals surface area contributed by atoms with Gasteiger partial charge in [-0.1, -0.05) is 66.3 Å². The van der Waals surface area contributed by atoms with Crippen LogP contribution in [-0.2, 0) is 0 Å². The van der Waals surface area contributed by atoms with Crippen LogP contribution in [0, 0.1) is 6.92 Å². The van der Waals surface area contributed by atoms with Crippen molar-refractivity contribution < 1.29 is 0 Å². The minimum atomic E-state index is 0.681. The smallest absolute Gasteiger partial charge is 0.0539 e. The van der Waals surface area contributed by atoms with Crippen LogP contribution in [0.25, 0.3) is 0 Å². The molecule has 0 atom stereocenters. The monoisotopic (exact) mass is 365 g/mol. The lowest BCUT2D eigenvalue weighted by Gasteiger charge is -2.24. The van der Waals surface area contributed by atoms with Gasteiger partial charge in [0.05, 0.1) is 9.89 Å². The molecule has 0 aromatic heterocycles. The number of thiocarbonyl (C=S) groups is 1. The molecular weight excluding hydrogens is 346 g/mol. The molecule has 0 N–H and O–H groups in total. The van der Waals surface area contributed by atoms with Crippen LogP contribution in [0.4, 0.5) is 11.4 Å². The maximum atomic E-state index is 6.60. The third-order valence-corrected chi connectivity index (χ3v) is 5.04. The molecule has 0 fully saturated rings. The second-order valence-electron chi connectivity index (χ2n) is 5.89. The molecule has 0 saturated heterocycles. The van der Waals surface area contributed by atoms with E-state index >= 15 is 0 Å². The first-order chi connectivity index (χ1) is 12.1. The summed E-state index contributed by atoms with van der Waals surface area (Å²) in [6.07, 6.45) is 0. The highest BCUT2D eigenvalue weighted by molar-refractivity contribution is 7.81. The SMILES string of the molecule is CCN(c1ccccc1)c1ccc(C(=S)c2ccccc2C)c(Cl)c1. The van der Waals surface area contributed by atoms with Crippen molar-refractivity contribution in [2.45, 2.75) is 13.8 Å². The number of aryl methyl sites for hydroxylation is 1. The molecule has 0 unspecified atom stereocenters. The van der Waals surface area contributed by atoms with Crippen LogP contribution in [0.3, 0.4) is 0 Å². The Morgan fingerprint density at radius 2 is 1.56 bits per heavy atom. The van der Waals surface area contributed by atoms with E-state index in [-0.39, 0.29) is 0 Å². The van der Waals surface area contributed by atoms with Gasteiger partial charge in [-0.2, -0.15) is 0 Å². The predicted octanol–water partition coefficient (Wildman–Crippen LogP) is 6.57. The fourth-order valence-electron chi connectivity index (χ4n) is 2.95. The molecular formula is C22H20ClNS. The van der Waals surface area contributed by atoms with E-state index in [1.165, 1.54) is 0 Å². The Bertz CT molecular complexity index is 890. The van der Waals surface area contributed by atoms with Crippen molar-refractivity contribution in [1.29, 1.82) is 0 Å². The van der Waals surface area contributed by atoms with Crippen LogP contribution in [-0.4, -0.2) is 11.4 Å². The number of anilines is 2. The molecule has 126 valence electrons. The average Bonchev–Trinajstić information content (AvgIpc) is 2.63. The molecule has 1 nitrogen and oxygen atoms in total. The van der Waals surface area contributed by atoms with Crippen LogP contribution in [0.15, 0.2) is 72.8 Å². The zero-order chi connectivity index (χ0) is 17.8. The molecule has 3 heteroatoms. The van der Waals surface area contributed by atoms with E-state index in [2.05, 4.69) is 43.0 Å². The largest absolute Gasteiger partial charge is 0.342 e. The highest BCUT2D eigenvalue weighted by Gasteiger charge is 2.14. The third kappa shape index (κ3) is 3.76. The second kappa shape index (κ2) is 7.81. The Morgan fingerprint density at radius 1 is 0.880 bits per heavy atom. The number of halogens is 1. The summed E-state index contributed by atoms with van der Waals surface area (Å²) in [6.45, 7) is 5.06. The van der Waals surface area contributed by atoms with E-state index in [4.69, 9.17) is 23.8 Å². The van der Waals surface area contributed by atoms with Gasteiger partial charge in [-0.3, -0.25) is 0 Å². The Balaban J connectivity index is 1.96. The van der Waals surface area contributed by atoms with Crippen molar-refractivity contribution in [2.75, 3.05) is 11.4 Å². The van der Waals surface area contributed by atoms with E-state index in [9.17, 15) is 0 Å². The molecule has 0 bridgehead atoms. The van der Waals surface area contributed by atoms with Gasteiger partial charge >= 0.3 is 0 Å². The summed E-state index contributed by atoms with van der Waals surface area (Å²) in [5, 5.41) is 0.681. The number of rotatable bonds is 5. The molecule has 3 aromatic carbocycles. The summed E-state index contributed by atoms with van der Waals surface area (Å²) in [5.41, 5.74) is 5.33. The summed E-state index contributed by atoms with van der Waals surface area (Å²) in [4.78, 5) is 3.02. The summed E-state index contributed by atoms with van der Waals surface area (Å²) in [5.74, 6) is 0. The van der Waals surface area contributed by atoms with E-state index in [1.54, 1.807) is 0 Å². The minimum Gasteiger partial charge on any atom is -0.342 e. The van der Waals surface area contributed by atoms with E-state index in [0.717, 1.165) is 39.5 Å². The lowest BCUT2D eigenvalue weighted by molar-refractivity contribution is 1.02. The van der Waals surface area contributed by atoms with Gasteiger partial charge in [0, 0.05) is 23.5 Å². The first kappa shape index (κ1) is 17.7. The van der Waals surface area contributed by atoms with Gasteiger partial charge in [0.15, 0.2) is 0 Å². The number of hydrogen-bond donors (Lipinski definition) is 0. The van der Waals surface area contributed by atoms with Crippen molar-refractivity contribution in [3.8, 4) is 0 Å². The maximum Gasteiger partial charge on any atom is 0.0539 e. The molecule has 3 rings (SSSR count). The van der Waals surface area contributed by atoms with Crippen LogP contribution >= 0.6 is 23.8 Å². The zero-order valence-electron chi connectivity index (χ0n) is 14.4. The molecule has 0 spiro atoms. The average molecular weight is 366 g/mol. The number of hydrogen-bond acceptors (Lipinski definition) is 2. The van der Waals surface area contributed by atoms with E-state index < -0.39 is 0 Å². The van der Waals surface area contributed by atoms with Crippen molar-refractivity contribution in [2.24, 2.45) is 0 Å². The Labute approximate surface area is 159 Å². The normalized spacial score (nSPS) is 10.5. The van der Waals surface area contributed by atoms with Crippen molar-refractivity contribution in [1.82, 2.24) is 0 Å². The maximum absolute atomic E-state index is 6.60. The molecule has 0 aliphatic carbocycles. The van der Waals surface area contributed by atoms with Crippen LogP contribution in [0.2, 0.25) is 5.02 Å². The van der Waals surface area contributed by atoms with Crippen molar-refractivity contribution >= 4 is 40.1 Å². The molecule has 0 heterocycles. The lowest BCUT2D eigenvalue weighted by atomic mass is 10.00. The Morgan fingerprint density at radius 3 is 2.20 bits per heavy atom. The quantitative estimate of drug-likeness (QED) is 0.371. The van der Waals surface area contributed by atoms with Gasteiger partial charge in [-0.05, 0) is 55.3 Å². The van der Waals surface area contributed by atoms with Gasteiger partial charge in [0.2, 0.25) is 0 Å². The zero-order valence-corrected chi connectivity index (χ0v) is 15.9. The number of nitrogens with zero attached hydrogens (tertiary/aromatic N) is 1. The first-order valence-corrected chi connectivity index (χ1v) is 9.13. The van der Waals surface area contributed by atoms with Crippen LogP contribution < -0.4 is 4.90 Å². The highest BCUT2D eigenvalue weighted by atomic mass is 35.5. The minimum absolute atomic E-state index is 0.681. The van der Waals surface area contributed by atoms with E-state index in [0.29, 0.717) is 5.02 Å². The summed E-state index contributed by atoms with van der Waals surface area (Å²) in [6, 6.07) is 24.6. The predicted molar refractivity (Wildman–Crippen MR) is 113 cm³/mol. The second-order valence-corrected chi connectivity index (χ2v) is 6.70. The molecule has 0 radical (unpaired) electrons. The summed E-state index contributed by atoms with van der Waals surface area (Å²) < 4.78 is 0. The fourth-order valence-corrected chi connectivity index (χ4v) is 3.68. The molecule has 25 heavy (non-hydrogen) atoms. The summed E-state index contributed by atoms with van der Waals surface area (Å²) >= 11 is 12.3. The standard InChI is InChI=1S/C22H20ClNS/c1-3-24(17-10-5-4-6-11-17)18-13-14-20(21(23)15-18)22(25)19-12-8-7-9-16(19)2/h4-15H,3H2,1-2H3. The topological polar surface area (TPSA) is 3.24 Å². The Hall–Kier alpha value is -2.16. The lowest BCUT2D eigenvalue weighted by Crippen LogP contribution is -2.16. The highest BCUT2D eigenvalue weighted by Crippen LogP contribution is 2.30. The van der Waals surface area contributed by atoms with Gasteiger partial charge in [0.1, 0.15) is 0 Å². The van der Waals surface area contributed by atoms with Gasteiger partial charge < -0.3 is 4.90 Å². The van der Waals surface area contributed by atoms with Crippen molar-refractivity contribution in [3.05, 3.63) is 94.5 Å². The first-order valence-electron chi connectivity index (χ1n) is 8.34. The number of benzene rings is 3. The third-order valence-electron chi connectivity index (χ3n) is 4.28. The van der Waals surface area contributed by atoms with Gasteiger partial charge in [-0.15, -0.1) is 0 Å². The van der Waals surface area contributed by atoms with Crippen LogP contribution in [0.5, 0.6) is 0 Å². The number of para-hydroxylation sites is 1. The molecule has 0 amide bonds. The van der Waals surface area contributed by atoms with E-state index in [1.807, 2.05) is 48.5 Å². The molecule has 3 aromatic rings. The van der Waals surface area contributed by atoms with Crippen LogP contribution in [0.1, 0.15) is 23.6 Å².